The lowest BCUT2D eigenvalue weighted by Crippen LogP contribution is -2.37. The van der Waals surface area contributed by atoms with Gasteiger partial charge in [-0.1, -0.05) is 6.07 Å². The molecule has 1 atom stereocenters. The first kappa shape index (κ1) is 22.7. The first-order chi connectivity index (χ1) is 15.9. The second-order valence-corrected chi connectivity index (χ2v) is 8.05. The van der Waals surface area contributed by atoms with Gasteiger partial charge in [0.15, 0.2) is 16.6 Å². The van der Waals surface area contributed by atoms with Gasteiger partial charge in [0.1, 0.15) is 12.3 Å². The molecule has 2 aromatic carbocycles. The van der Waals surface area contributed by atoms with E-state index < -0.39 is 4.92 Å². The molecule has 2 aliphatic heterocycles. The molecule has 33 heavy (non-hydrogen) atoms. The molecule has 0 radical (unpaired) electrons. The van der Waals surface area contributed by atoms with Crippen LogP contribution in [0, 0.1) is 10.1 Å². The number of methoxy groups -OCH3 is 1. The summed E-state index contributed by atoms with van der Waals surface area (Å²) >= 11 is 5.33. The van der Waals surface area contributed by atoms with E-state index in [9.17, 15) is 14.9 Å². The maximum Gasteiger partial charge on any atom is 0.276 e. The Kier molecular flexibility index (Phi) is 6.85. The monoisotopic (exact) mass is 469 g/mol. The molecule has 2 aromatic rings. The number of nitrogens with zero attached hydrogens (tertiary/aromatic N) is 2. The largest absolute Gasteiger partial charge is 0.493 e. The fourth-order valence-corrected chi connectivity index (χ4v) is 3.93. The van der Waals surface area contributed by atoms with E-state index in [1.807, 2.05) is 0 Å². The molecule has 0 aromatic heterocycles. The molecule has 0 spiro atoms. The molecular formula is C23H23N3O6S. The standard InChI is InChI=1S/C23H23N3O6S/c1-30-21-12-16(6-9-20(21)32-14-15-4-7-17(8-5-15)26(28)29)11-19-22(27)25(23(33)24-19)13-18-3-2-10-31-18/h4-9,11-12,18H,2-3,10,13-14H2,1H3,(H,24,33)/b19-11+. The predicted octanol–water partition coefficient (Wildman–Crippen LogP) is 3.42. The lowest BCUT2D eigenvalue weighted by atomic mass is 10.1. The van der Waals surface area contributed by atoms with Gasteiger partial charge in [-0.05, 0) is 66.5 Å². The molecule has 2 saturated heterocycles. The summed E-state index contributed by atoms with van der Waals surface area (Å²) in [7, 11) is 1.53. The summed E-state index contributed by atoms with van der Waals surface area (Å²) in [5, 5.41) is 14.1. The predicted molar refractivity (Wildman–Crippen MR) is 125 cm³/mol. The van der Waals surface area contributed by atoms with E-state index in [2.05, 4.69) is 5.32 Å². The van der Waals surface area contributed by atoms with E-state index in [-0.39, 0.29) is 24.3 Å². The van der Waals surface area contributed by atoms with Gasteiger partial charge >= 0.3 is 0 Å². The molecule has 172 valence electrons. The third-order valence-corrected chi connectivity index (χ3v) is 5.74. The van der Waals surface area contributed by atoms with Crippen LogP contribution in [0.15, 0.2) is 48.2 Å². The number of rotatable bonds is 8. The van der Waals surface area contributed by atoms with Gasteiger partial charge in [0.2, 0.25) is 0 Å². The third-order valence-electron chi connectivity index (χ3n) is 5.41. The Morgan fingerprint density at radius 2 is 2.06 bits per heavy atom. The van der Waals surface area contributed by atoms with E-state index in [0.29, 0.717) is 35.5 Å². The normalized spacial score (nSPS) is 19.1. The van der Waals surface area contributed by atoms with Gasteiger partial charge in [-0.3, -0.25) is 19.8 Å². The number of benzene rings is 2. The summed E-state index contributed by atoms with van der Waals surface area (Å²) in [5.41, 5.74) is 1.94. The molecule has 0 bridgehead atoms. The Bertz CT molecular complexity index is 1100. The van der Waals surface area contributed by atoms with Crippen LogP contribution in [0.5, 0.6) is 11.5 Å². The van der Waals surface area contributed by atoms with Gasteiger partial charge in [-0.2, -0.15) is 0 Å². The first-order valence-corrected chi connectivity index (χ1v) is 10.9. The van der Waals surface area contributed by atoms with E-state index in [1.165, 1.54) is 24.1 Å². The molecule has 0 saturated carbocycles. The number of carbonyl (C=O) groups is 1. The van der Waals surface area contributed by atoms with Crippen LogP contribution in [0.4, 0.5) is 5.69 Å². The number of nitro benzene ring substituents is 1. The van der Waals surface area contributed by atoms with Gasteiger partial charge < -0.3 is 19.5 Å². The maximum absolute atomic E-state index is 12.8. The van der Waals surface area contributed by atoms with Crippen LogP contribution in [-0.2, 0) is 16.1 Å². The number of thiocarbonyl (C=S) groups is 1. The molecule has 10 heteroatoms. The highest BCUT2D eigenvalue weighted by Crippen LogP contribution is 2.30. The van der Waals surface area contributed by atoms with Crippen LogP contribution < -0.4 is 14.8 Å². The number of carbonyl (C=O) groups excluding carboxylic acids is 1. The van der Waals surface area contributed by atoms with E-state index in [0.717, 1.165) is 24.0 Å². The number of nitrogens with one attached hydrogen (secondary N) is 1. The summed E-state index contributed by atoms with van der Waals surface area (Å²) in [6.07, 6.45) is 3.64. The number of hydrogen-bond acceptors (Lipinski definition) is 7. The highest BCUT2D eigenvalue weighted by molar-refractivity contribution is 7.80. The maximum atomic E-state index is 12.8. The summed E-state index contributed by atoms with van der Waals surface area (Å²) in [6.45, 7) is 1.38. The number of hydrogen-bond donors (Lipinski definition) is 1. The second kappa shape index (κ2) is 9.97. The summed E-state index contributed by atoms with van der Waals surface area (Å²) < 4.78 is 16.9. The van der Waals surface area contributed by atoms with Crippen molar-refractivity contribution in [2.24, 2.45) is 0 Å². The van der Waals surface area contributed by atoms with Gasteiger partial charge in [0.05, 0.1) is 24.7 Å². The molecule has 1 amide bonds. The highest BCUT2D eigenvalue weighted by atomic mass is 32.1. The van der Waals surface area contributed by atoms with E-state index >= 15 is 0 Å². The lowest BCUT2D eigenvalue weighted by Gasteiger charge is -2.18. The zero-order valence-electron chi connectivity index (χ0n) is 18.0. The van der Waals surface area contributed by atoms with Crippen molar-refractivity contribution < 1.29 is 23.9 Å². The van der Waals surface area contributed by atoms with Crippen molar-refractivity contribution in [2.45, 2.75) is 25.6 Å². The van der Waals surface area contributed by atoms with Gasteiger partial charge in [-0.25, -0.2) is 0 Å². The van der Waals surface area contributed by atoms with Crippen molar-refractivity contribution in [3.63, 3.8) is 0 Å². The molecule has 2 heterocycles. The molecule has 2 fully saturated rings. The van der Waals surface area contributed by atoms with Crippen molar-refractivity contribution in [3.8, 4) is 11.5 Å². The van der Waals surface area contributed by atoms with Crippen LogP contribution >= 0.6 is 12.2 Å². The lowest BCUT2D eigenvalue weighted by molar-refractivity contribution is -0.384. The number of non-ortho nitro benzene ring substituents is 1. The van der Waals surface area contributed by atoms with Gasteiger partial charge in [0, 0.05) is 18.7 Å². The Morgan fingerprint density at radius 1 is 1.27 bits per heavy atom. The van der Waals surface area contributed by atoms with Gasteiger partial charge in [0.25, 0.3) is 11.6 Å². The average Bonchev–Trinajstić information content (AvgIpc) is 3.42. The molecule has 0 aliphatic carbocycles. The Hall–Kier alpha value is -3.50. The zero-order valence-corrected chi connectivity index (χ0v) is 18.8. The SMILES string of the molecule is COc1cc(/C=C2/NC(=S)N(CC3CCCO3)C2=O)ccc1OCc1ccc([N+](=O)[O-])cc1. The average molecular weight is 470 g/mol. The van der Waals surface area contributed by atoms with E-state index in [4.69, 9.17) is 26.4 Å². The molecule has 9 nitrogen and oxygen atoms in total. The Labute approximate surface area is 196 Å². The quantitative estimate of drug-likeness (QED) is 0.272. The van der Waals surface area contributed by atoms with Crippen LogP contribution in [-0.4, -0.2) is 47.2 Å². The third kappa shape index (κ3) is 5.29. The first-order valence-electron chi connectivity index (χ1n) is 10.4. The van der Waals surface area contributed by atoms with Crippen molar-refractivity contribution in [1.29, 1.82) is 0 Å². The Balaban J connectivity index is 1.43. The summed E-state index contributed by atoms with van der Waals surface area (Å²) in [4.78, 5) is 24.7. The summed E-state index contributed by atoms with van der Waals surface area (Å²) in [6, 6.07) is 11.5. The second-order valence-electron chi connectivity index (χ2n) is 7.66. The Morgan fingerprint density at radius 3 is 2.73 bits per heavy atom. The fourth-order valence-electron chi connectivity index (χ4n) is 3.66. The molecule has 2 aliphatic rings. The van der Waals surface area contributed by atoms with E-state index in [1.54, 1.807) is 36.4 Å². The number of ether oxygens (including phenoxy) is 3. The van der Waals surface area contributed by atoms with Gasteiger partial charge in [-0.15, -0.1) is 0 Å². The van der Waals surface area contributed by atoms with Crippen LogP contribution in [0.2, 0.25) is 0 Å². The number of nitro groups is 1. The summed E-state index contributed by atoms with van der Waals surface area (Å²) in [5.74, 6) is 0.822. The van der Waals surface area contributed by atoms with Crippen LogP contribution in [0.1, 0.15) is 24.0 Å². The molecule has 1 N–H and O–H groups in total. The van der Waals surface area contributed by atoms with Crippen molar-refractivity contribution in [1.82, 2.24) is 10.2 Å². The fraction of sp³-hybridized carbons (Fsp3) is 0.304. The van der Waals surface area contributed by atoms with Crippen LogP contribution in [0.25, 0.3) is 6.08 Å². The molecule has 1 unspecified atom stereocenters. The topological polar surface area (TPSA) is 103 Å². The minimum atomic E-state index is -0.445. The zero-order chi connectivity index (χ0) is 23.4. The van der Waals surface area contributed by atoms with Crippen molar-refractivity contribution in [3.05, 3.63) is 69.4 Å². The van der Waals surface area contributed by atoms with Crippen molar-refractivity contribution in [2.75, 3.05) is 20.3 Å². The smallest absolute Gasteiger partial charge is 0.276 e. The van der Waals surface area contributed by atoms with Crippen molar-refractivity contribution >= 4 is 35.0 Å². The molecular weight excluding hydrogens is 446 g/mol. The minimum Gasteiger partial charge on any atom is -0.493 e. The molecule has 4 rings (SSSR count). The highest BCUT2D eigenvalue weighted by Gasteiger charge is 2.33. The number of amides is 1. The van der Waals surface area contributed by atoms with Crippen LogP contribution in [0.3, 0.4) is 0 Å². The minimum absolute atomic E-state index is 0.0142.